The van der Waals surface area contributed by atoms with Gasteiger partial charge in [-0.05, 0) is 48.0 Å². The Bertz CT molecular complexity index is 620. The maximum atomic E-state index is 13.6. The summed E-state index contributed by atoms with van der Waals surface area (Å²) < 4.78 is 30.0. The normalized spacial score (nSPS) is 16.6. The van der Waals surface area contributed by atoms with Gasteiger partial charge in [0.2, 0.25) is 5.96 Å². The van der Waals surface area contributed by atoms with Crippen LogP contribution in [0.25, 0.3) is 0 Å². The third-order valence-electron chi connectivity index (χ3n) is 6.10. The van der Waals surface area contributed by atoms with E-state index in [1.165, 1.54) is 83.5 Å². The van der Waals surface area contributed by atoms with Gasteiger partial charge in [-0.15, -0.1) is 4.76 Å². The van der Waals surface area contributed by atoms with Gasteiger partial charge >= 0.3 is 7.75 Å². The quantitative estimate of drug-likeness (QED) is 0.135. The lowest BCUT2D eigenvalue weighted by molar-refractivity contribution is 0.0493. The molecule has 6 nitrogen and oxygen atoms in total. The highest BCUT2D eigenvalue weighted by atomic mass is 31.2. The molecule has 0 N–H and O–H groups in total. The summed E-state index contributed by atoms with van der Waals surface area (Å²) in [4.78, 5) is 4.31. The van der Waals surface area contributed by atoms with E-state index >= 15 is 0 Å². The number of hydrogen-bond donors (Lipinski definition) is 0. The summed E-state index contributed by atoms with van der Waals surface area (Å²) in [6.07, 6.45) is 19.0. The third-order valence-corrected chi connectivity index (χ3v) is 8.08. The fraction of sp³-hybridized carbons (Fsp3) is 0.964. The standard InChI is InChI=1S/C28H58N3O3P/c1-9-10-11-12-13-14-15-16-17-18-19-20-21-22-23-31-25-24-30(8)26(31)29-35(32,33-27(2,3)4)34-28(5,6)7/h9-25H2,1-8H3/b29-26+. The molecule has 0 aromatic carbocycles. The smallest absolute Gasteiger partial charge is 0.344 e. The van der Waals surface area contributed by atoms with Crippen molar-refractivity contribution in [2.75, 3.05) is 26.7 Å². The summed E-state index contributed by atoms with van der Waals surface area (Å²) in [5.41, 5.74) is -1.22. The average Bonchev–Trinajstić information content (AvgIpc) is 3.04. The molecule has 0 aliphatic carbocycles. The fourth-order valence-corrected chi connectivity index (χ4v) is 6.42. The van der Waals surface area contributed by atoms with E-state index in [1.54, 1.807) is 0 Å². The van der Waals surface area contributed by atoms with Gasteiger partial charge in [0, 0.05) is 26.7 Å². The van der Waals surface area contributed by atoms with E-state index in [4.69, 9.17) is 9.05 Å². The van der Waals surface area contributed by atoms with Crippen LogP contribution in [0.3, 0.4) is 0 Å². The predicted octanol–water partition coefficient (Wildman–Crippen LogP) is 8.81. The summed E-state index contributed by atoms with van der Waals surface area (Å²) in [6, 6.07) is 0. The number of nitrogens with zero attached hydrogens (tertiary/aromatic N) is 3. The summed E-state index contributed by atoms with van der Waals surface area (Å²) in [5, 5.41) is 0. The van der Waals surface area contributed by atoms with Crippen LogP contribution in [0.5, 0.6) is 0 Å². The van der Waals surface area contributed by atoms with Gasteiger partial charge in [0.1, 0.15) is 0 Å². The Morgan fingerprint density at radius 1 is 0.714 bits per heavy atom. The molecular formula is C28H58N3O3P. The lowest BCUT2D eigenvalue weighted by Crippen LogP contribution is -2.33. The van der Waals surface area contributed by atoms with Crippen molar-refractivity contribution < 1.29 is 13.6 Å². The van der Waals surface area contributed by atoms with Crippen molar-refractivity contribution in [1.29, 1.82) is 0 Å². The Balaban J connectivity index is 2.36. The maximum absolute atomic E-state index is 13.6. The monoisotopic (exact) mass is 515 g/mol. The highest BCUT2D eigenvalue weighted by molar-refractivity contribution is 7.52. The van der Waals surface area contributed by atoms with Crippen LogP contribution in [-0.4, -0.2) is 53.6 Å². The number of guanidine groups is 1. The minimum atomic E-state index is -3.65. The van der Waals surface area contributed by atoms with Gasteiger partial charge < -0.3 is 9.80 Å². The zero-order valence-electron chi connectivity index (χ0n) is 24.5. The number of unbranched alkanes of at least 4 members (excludes halogenated alkanes) is 13. The van der Waals surface area contributed by atoms with Crippen LogP contribution in [0.1, 0.15) is 138 Å². The van der Waals surface area contributed by atoms with E-state index < -0.39 is 18.9 Å². The van der Waals surface area contributed by atoms with E-state index in [9.17, 15) is 4.57 Å². The van der Waals surface area contributed by atoms with Gasteiger partial charge in [-0.25, -0.2) is 4.57 Å². The lowest BCUT2D eigenvalue weighted by Gasteiger charge is -2.30. The van der Waals surface area contributed by atoms with Crippen molar-refractivity contribution in [2.24, 2.45) is 4.76 Å². The van der Waals surface area contributed by atoms with Crippen molar-refractivity contribution in [2.45, 2.75) is 150 Å². The van der Waals surface area contributed by atoms with E-state index in [2.05, 4.69) is 21.5 Å². The van der Waals surface area contributed by atoms with Crippen molar-refractivity contribution >= 4 is 13.7 Å². The summed E-state index contributed by atoms with van der Waals surface area (Å²) in [7, 11) is -1.65. The first kappa shape index (κ1) is 32.4. The van der Waals surface area contributed by atoms with E-state index in [0.29, 0.717) is 0 Å². The second kappa shape index (κ2) is 16.3. The molecule has 1 heterocycles. The summed E-state index contributed by atoms with van der Waals surface area (Å²) >= 11 is 0. The molecule has 0 amide bonds. The van der Waals surface area contributed by atoms with Gasteiger partial charge in [0.25, 0.3) is 0 Å². The molecule has 1 fully saturated rings. The molecule has 0 unspecified atom stereocenters. The zero-order valence-corrected chi connectivity index (χ0v) is 25.4. The molecule has 35 heavy (non-hydrogen) atoms. The van der Waals surface area contributed by atoms with Gasteiger partial charge in [-0.3, -0.25) is 9.05 Å². The molecule has 0 aromatic rings. The molecule has 1 saturated heterocycles. The molecule has 1 aliphatic heterocycles. The second-order valence-corrected chi connectivity index (χ2v) is 13.8. The summed E-state index contributed by atoms with van der Waals surface area (Å²) in [5.74, 6) is 0.733. The number of rotatable bonds is 18. The first-order chi connectivity index (χ1) is 16.4. The van der Waals surface area contributed by atoms with E-state index in [0.717, 1.165) is 32.0 Å². The molecule has 0 spiro atoms. The van der Waals surface area contributed by atoms with E-state index in [-0.39, 0.29) is 0 Å². The largest absolute Gasteiger partial charge is 0.458 e. The van der Waals surface area contributed by atoms with Gasteiger partial charge in [-0.2, -0.15) is 0 Å². The second-order valence-electron chi connectivity index (χ2n) is 12.3. The predicted molar refractivity (Wildman–Crippen MR) is 151 cm³/mol. The fourth-order valence-electron chi connectivity index (χ4n) is 4.42. The topological polar surface area (TPSA) is 54.4 Å². The van der Waals surface area contributed by atoms with Crippen molar-refractivity contribution in [3.05, 3.63) is 0 Å². The Labute approximate surface area is 218 Å². The molecule has 7 heteroatoms. The van der Waals surface area contributed by atoms with Crippen LogP contribution in [0, 0.1) is 0 Å². The van der Waals surface area contributed by atoms with Gasteiger partial charge in [0.05, 0.1) is 11.2 Å². The van der Waals surface area contributed by atoms with Crippen LogP contribution >= 0.6 is 7.75 Å². The minimum absolute atomic E-state index is 0.610. The summed E-state index contributed by atoms with van der Waals surface area (Å²) in [6.45, 7) is 16.3. The van der Waals surface area contributed by atoms with E-state index in [1.807, 2.05) is 48.6 Å². The van der Waals surface area contributed by atoms with Crippen LogP contribution < -0.4 is 0 Å². The van der Waals surface area contributed by atoms with Gasteiger partial charge in [-0.1, -0.05) is 90.4 Å². The highest BCUT2D eigenvalue weighted by Crippen LogP contribution is 2.56. The van der Waals surface area contributed by atoms with Crippen LogP contribution in [0.2, 0.25) is 0 Å². The lowest BCUT2D eigenvalue weighted by atomic mass is 10.0. The van der Waals surface area contributed by atoms with Crippen molar-refractivity contribution in [3.8, 4) is 0 Å². The molecule has 0 saturated carbocycles. The van der Waals surface area contributed by atoms with Crippen molar-refractivity contribution in [3.63, 3.8) is 0 Å². The molecule has 0 atom stereocenters. The Morgan fingerprint density at radius 2 is 1.11 bits per heavy atom. The Hall–Kier alpha value is -0.580. The third kappa shape index (κ3) is 16.0. The van der Waals surface area contributed by atoms with Crippen molar-refractivity contribution in [1.82, 2.24) is 9.80 Å². The molecule has 208 valence electrons. The maximum Gasteiger partial charge on any atom is 0.458 e. The molecule has 1 aliphatic rings. The molecule has 0 bridgehead atoms. The minimum Gasteiger partial charge on any atom is -0.344 e. The highest BCUT2D eigenvalue weighted by Gasteiger charge is 2.38. The molecular weight excluding hydrogens is 457 g/mol. The van der Waals surface area contributed by atoms with Gasteiger partial charge in [0.15, 0.2) is 0 Å². The first-order valence-electron chi connectivity index (χ1n) is 14.4. The average molecular weight is 516 g/mol. The van der Waals surface area contributed by atoms with Crippen LogP contribution in [0.15, 0.2) is 4.76 Å². The Morgan fingerprint density at radius 3 is 1.51 bits per heavy atom. The SMILES string of the molecule is CCCCCCCCCCCCCCCCN1CCN(C)/C1=N\P(=O)(OC(C)(C)C)OC(C)(C)C. The number of hydrogen-bond acceptors (Lipinski definition) is 3. The first-order valence-corrected chi connectivity index (χ1v) is 15.9. The van der Waals surface area contributed by atoms with Crippen LogP contribution in [-0.2, 0) is 13.6 Å². The number of likely N-dealkylation sites (N-methyl/N-ethyl adjacent to an activating group) is 1. The van der Waals surface area contributed by atoms with Crippen LogP contribution in [0.4, 0.5) is 0 Å². The molecule has 1 rings (SSSR count). The molecule has 0 aromatic heterocycles. The molecule has 0 radical (unpaired) electrons. The Kier molecular flexibility index (Phi) is 15.1. The zero-order chi connectivity index (χ0) is 26.4.